The summed E-state index contributed by atoms with van der Waals surface area (Å²) in [6, 6.07) is 1.86. The number of carbonyl (C=O) groups is 2. The molecule has 26 heavy (non-hydrogen) atoms. The first-order valence-electron chi connectivity index (χ1n) is 9.46. The second-order valence-electron chi connectivity index (χ2n) is 8.44. The zero-order valence-corrected chi connectivity index (χ0v) is 15.9. The first-order valence-corrected chi connectivity index (χ1v) is 9.46. The molecule has 3 rings (SSSR count). The Kier molecular flexibility index (Phi) is 5.53. The predicted molar refractivity (Wildman–Crippen MR) is 97.1 cm³/mol. The van der Waals surface area contributed by atoms with Crippen molar-refractivity contribution in [2.75, 3.05) is 31.1 Å². The van der Waals surface area contributed by atoms with E-state index < -0.39 is 5.60 Å². The van der Waals surface area contributed by atoms with Crippen LogP contribution in [0.4, 0.5) is 10.6 Å². The molecule has 0 aliphatic carbocycles. The molecular weight excluding hydrogens is 334 g/mol. The number of ether oxygens (including phenoxy) is 1. The van der Waals surface area contributed by atoms with E-state index in [-0.39, 0.29) is 12.5 Å². The van der Waals surface area contributed by atoms with Crippen molar-refractivity contribution in [3.05, 3.63) is 11.8 Å². The van der Waals surface area contributed by atoms with Crippen molar-refractivity contribution >= 4 is 18.2 Å². The van der Waals surface area contributed by atoms with Crippen molar-refractivity contribution in [2.24, 2.45) is 11.8 Å². The highest BCUT2D eigenvalue weighted by Gasteiger charge is 2.35. The number of nitrogens with zero attached hydrogens (tertiary/aromatic N) is 3. The maximum atomic E-state index is 12.0. The molecule has 2 aliphatic rings. The van der Waals surface area contributed by atoms with Gasteiger partial charge in [-0.25, -0.2) is 4.79 Å². The molecule has 1 amide bonds. The third-order valence-electron chi connectivity index (χ3n) is 5.05. The van der Waals surface area contributed by atoms with Gasteiger partial charge in [-0.1, -0.05) is 5.16 Å². The third kappa shape index (κ3) is 4.77. The van der Waals surface area contributed by atoms with Gasteiger partial charge < -0.3 is 23.9 Å². The molecule has 144 valence electrons. The summed E-state index contributed by atoms with van der Waals surface area (Å²) in [7, 11) is 0. The minimum atomic E-state index is -0.429. The lowest BCUT2D eigenvalue weighted by Gasteiger charge is -2.42. The first kappa shape index (κ1) is 18.7. The van der Waals surface area contributed by atoms with E-state index in [1.807, 2.05) is 26.8 Å². The van der Waals surface area contributed by atoms with Crippen LogP contribution in [0.5, 0.6) is 0 Å². The number of carbonyl (C=O) groups excluding carboxylic acids is 2. The van der Waals surface area contributed by atoms with Crippen LogP contribution < -0.4 is 4.90 Å². The highest BCUT2D eigenvalue weighted by Crippen LogP contribution is 2.31. The molecule has 1 aromatic rings. The fourth-order valence-electron chi connectivity index (χ4n) is 3.69. The van der Waals surface area contributed by atoms with Crippen molar-refractivity contribution in [2.45, 2.75) is 52.1 Å². The van der Waals surface area contributed by atoms with Gasteiger partial charge in [0.05, 0.1) is 6.42 Å². The molecule has 1 aromatic heterocycles. The van der Waals surface area contributed by atoms with E-state index in [4.69, 9.17) is 9.26 Å². The lowest BCUT2D eigenvalue weighted by molar-refractivity contribution is -0.107. The molecule has 2 fully saturated rings. The van der Waals surface area contributed by atoms with Crippen LogP contribution in [-0.2, 0) is 16.0 Å². The lowest BCUT2D eigenvalue weighted by atomic mass is 9.84. The number of rotatable bonds is 5. The lowest BCUT2D eigenvalue weighted by Crippen LogP contribution is -2.52. The highest BCUT2D eigenvalue weighted by atomic mass is 16.6. The molecule has 0 radical (unpaired) electrons. The maximum absolute atomic E-state index is 12.0. The SMILES string of the molecule is CC(C)(C)OC(=O)N1CC(CC2CCN(c3cc(CC=O)on3)CC2)C1. The van der Waals surface area contributed by atoms with Crippen molar-refractivity contribution in [1.29, 1.82) is 0 Å². The Labute approximate surface area is 154 Å². The van der Waals surface area contributed by atoms with Crippen LogP contribution >= 0.6 is 0 Å². The Morgan fingerprint density at radius 1 is 1.31 bits per heavy atom. The number of hydrogen-bond acceptors (Lipinski definition) is 6. The molecule has 0 N–H and O–H groups in total. The minimum Gasteiger partial charge on any atom is -0.444 e. The standard InChI is InChI=1S/C19H29N3O4/c1-19(2,3)25-18(24)22-12-15(13-22)10-14-4-7-21(8-5-14)17-11-16(6-9-23)26-20-17/h9,11,14-15H,4-8,10,12-13H2,1-3H3. The Balaban J connectivity index is 1.37. The minimum absolute atomic E-state index is 0.194. The molecule has 7 nitrogen and oxygen atoms in total. The molecule has 2 aliphatic heterocycles. The van der Waals surface area contributed by atoms with Crippen molar-refractivity contribution in [3.63, 3.8) is 0 Å². The average Bonchev–Trinajstić information content (AvgIpc) is 2.98. The highest BCUT2D eigenvalue weighted by molar-refractivity contribution is 5.69. The zero-order valence-electron chi connectivity index (χ0n) is 15.9. The fourth-order valence-corrected chi connectivity index (χ4v) is 3.69. The summed E-state index contributed by atoms with van der Waals surface area (Å²) in [6.07, 6.45) is 4.33. The Bertz CT molecular complexity index is 623. The molecule has 2 saturated heterocycles. The smallest absolute Gasteiger partial charge is 0.410 e. The topological polar surface area (TPSA) is 75.9 Å². The van der Waals surface area contributed by atoms with E-state index >= 15 is 0 Å². The summed E-state index contributed by atoms with van der Waals surface area (Å²) in [5.74, 6) is 2.73. The first-order chi connectivity index (χ1) is 12.3. The molecule has 0 bridgehead atoms. The number of aldehydes is 1. The molecule has 3 heterocycles. The summed E-state index contributed by atoms with van der Waals surface area (Å²) in [5, 5.41) is 4.06. The average molecular weight is 363 g/mol. The normalized spacial score (nSPS) is 19.3. The van der Waals surface area contributed by atoms with Gasteiger partial charge in [0.1, 0.15) is 17.6 Å². The Morgan fingerprint density at radius 3 is 2.62 bits per heavy atom. The number of aromatic nitrogens is 1. The number of amides is 1. The van der Waals surface area contributed by atoms with Gasteiger partial charge in [0.15, 0.2) is 5.82 Å². The number of hydrogen-bond donors (Lipinski definition) is 0. The van der Waals surface area contributed by atoms with Gasteiger partial charge in [-0.3, -0.25) is 0 Å². The van der Waals surface area contributed by atoms with Crippen molar-refractivity contribution in [1.82, 2.24) is 10.1 Å². The van der Waals surface area contributed by atoms with E-state index in [1.54, 1.807) is 4.90 Å². The molecule has 7 heteroatoms. The summed E-state index contributed by atoms with van der Waals surface area (Å²) < 4.78 is 10.6. The summed E-state index contributed by atoms with van der Waals surface area (Å²) in [6.45, 7) is 9.23. The van der Waals surface area contributed by atoms with Gasteiger partial charge in [0, 0.05) is 32.2 Å². The molecule has 0 atom stereocenters. The number of likely N-dealkylation sites (tertiary alicyclic amines) is 1. The second kappa shape index (κ2) is 7.68. The van der Waals surface area contributed by atoms with Gasteiger partial charge in [-0.05, 0) is 51.9 Å². The molecular formula is C19H29N3O4. The van der Waals surface area contributed by atoms with E-state index in [9.17, 15) is 9.59 Å². The predicted octanol–water partition coefficient (Wildman–Crippen LogP) is 2.89. The van der Waals surface area contributed by atoms with Crippen LogP contribution in [0, 0.1) is 11.8 Å². The Hall–Kier alpha value is -2.05. The van der Waals surface area contributed by atoms with Crippen LogP contribution in [0.2, 0.25) is 0 Å². The second-order valence-corrected chi connectivity index (χ2v) is 8.44. The monoisotopic (exact) mass is 363 g/mol. The number of anilines is 1. The summed E-state index contributed by atoms with van der Waals surface area (Å²) >= 11 is 0. The van der Waals surface area contributed by atoms with Crippen molar-refractivity contribution in [3.8, 4) is 0 Å². The van der Waals surface area contributed by atoms with Crippen LogP contribution in [-0.4, -0.2) is 54.2 Å². The van der Waals surface area contributed by atoms with Gasteiger partial charge in [-0.15, -0.1) is 0 Å². The van der Waals surface area contributed by atoms with Crippen LogP contribution in [0.1, 0.15) is 45.8 Å². The molecule has 0 aromatic carbocycles. The van der Waals surface area contributed by atoms with Crippen LogP contribution in [0.3, 0.4) is 0 Å². The Morgan fingerprint density at radius 2 is 2.00 bits per heavy atom. The van der Waals surface area contributed by atoms with E-state index in [0.717, 1.165) is 51.1 Å². The van der Waals surface area contributed by atoms with Crippen molar-refractivity contribution < 1.29 is 18.8 Å². The number of piperidine rings is 1. The third-order valence-corrected chi connectivity index (χ3v) is 5.05. The van der Waals surface area contributed by atoms with E-state index in [2.05, 4.69) is 10.1 Å². The largest absolute Gasteiger partial charge is 0.444 e. The van der Waals surface area contributed by atoms with Gasteiger partial charge in [0.2, 0.25) is 0 Å². The molecule has 0 unspecified atom stereocenters. The fraction of sp³-hybridized carbons (Fsp3) is 0.737. The van der Waals surface area contributed by atoms with Gasteiger partial charge in [0.25, 0.3) is 0 Å². The van der Waals surface area contributed by atoms with Crippen LogP contribution in [0.15, 0.2) is 10.6 Å². The summed E-state index contributed by atoms with van der Waals surface area (Å²) in [5.41, 5.74) is -0.429. The van der Waals surface area contributed by atoms with Crippen LogP contribution in [0.25, 0.3) is 0 Å². The van der Waals surface area contributed by atoms with Gasteiger partial charge in [-0.2, -0.15) is 0 Å². The maximum Gasteiger partial charge on any atom is 0.410 e. The molecule has 0 saturated carbocycles. The van der Waals surface area contributed by atoms with Gasteiger partial charge >= 0.3 is 6.09 Å². The van der Waals surface area contributed by atoms with E-state index in [1.165, 1.54) is 6.42 Å². The zero-order chi connectivity index (χ0) is 18.7. The quantitative estimate of drug-likeness (QED) is 0.749. The molecule has 0 spiro atoms. The summed E-state index contributed by atoms with van der Waals surface area (Å²) in [4.78, 5) is 26.6. The van der Waals surface area contributed by atoms with E-state index in [0.29, 0.717) is 17.6 Å².